The minimum absolute atomic E-state index is 0.227. The summed E-state index contributed by atoms with van der Waals surface area (Å²) in [6.07, 6.45) is 10.4. The molecule has 0 amide bonds. The molecule has 26 heavy (non-hydrogen) atoms. The highest BCUT2D eigenvalue weighted by Crippen LogP contribution is 2.65. The number of carbonyl (C=O) groups is 2. The summed E-state index contributed by atoms with van der Waals surface area (Å²) in [7, 11) is 0. The molecule has 0 aromatic heterocycles. The minimum Gasteiger partial charge on any atom is -0.478 e. The normalized spacial score (nSPS) is 45.1. The molecule has 0 aromatic carbocycles. The summed E-state index contributed by atoms with van der Waals surface area (Å²) >= 11 is 0. The van der Waals surface area contributed by atoms with Gasteiger partial charge in [-0.15, -0.1) is 0 Å². The fourth-order valence-corrected chi connectivity index (χ4v) is 6.66. The van der Waals surface area contributed by atoms with Crippen LogP contribution in [0.15, 0.2) is 36.0 Å². The number of rotatable bonds is 2. The van der Waals surface area contributed by atoms with Gasteiger partial charge in [0.05, 0.1) is 5.60 Å². The third kappa shape index (κ3) is 2.45. The molecule has 0 heterocycles. The SMILES string of the molecule is C=C1C[C@@H]2[C@H](CC[C@@]3(C)[C@H]2CC[C@@]3(O)/C=C\C(=O)O)[C@H]2CCC(=O)C=C12. The van der Waals surface area contributed by atoms with Crippen molar-refractivity contribution in [1.29, 1.82) is 0 Å². The third-order valence-electron chi connectivity index (χ3n) is 8.03. The van der Waals surface area contributed by atoms with Crippen molar-refractivity contribution >= 4 is 11.8 Å². The summed E-state index contributed by atoms with van der Waals surface area (Å²) < 4.78 is 0. The summed E-state index contributed by atoms with van der Waals surface area (Å²) in [6.45, 7) is 6.43. The van der Waals surface area contributed by atoms with Crippen LogP contribution in [0.5, 0.6) is 0 Å². The van der Waals surface area contributed by atoms with E-state index < -0.39 is 11.6 Å². The number of carboxylic acids is 1. The Bertz CT molecular complexity index is 732. The molecule has 2 N–H and O–H groups in total. The van der Waals surface area contributed by atoms with Crippen LogP contribution in [0, 0.1) is 29.1 Å². The summed E-state index contributed by atoms with van der Waals surface area (Å²) in [5, 5.41) is 20.3. The second kappa shape index (κ2) is 5.91. The first-order chi connectivity index (χ1) is 12.2. The number of hydrogen-bond acceptors (Lipinski definition) is 3. The Balaban J connectivity index is 1.65. The molecule has 140 valence electrons. The lowest BCUT2D eigenvalue weighted by atomic mass is 9.50. The summed E-state index contributed by atoms with van der Waals surface area (Å²) in [5.74, 6) is 1.07. The van der Waals surface area contributed by atoms with Gasteiger partial charge in [0.25, 0.3) is 0 Å². The maximum atomic E-state index is 11.9. The second-order valence-electron chi connectivity index (χ2n) is 9.04. The Hall–Kier alpha value is -1.68. The molecule has 4 aliphatic carbocycles. The zero-order valence-corrected chi connectivity index (χ0v) is 15.4. The van der Waals surface area contributed by atoms with Gasteiger partial charge >= 0.3 is 5.97 Å². The van der Waals surface area contributed by atoms with E-state index in [-0.39, 0.29) is 11.2 Å². The standard InChI is InChI=1S/C22H28O4/c1-13-11-18-16(15-4-3-14(23)12-17(13)15)5-8-21(2)19(18)6-9-22(21,26)10-7-20(24)25/h7,10,12,15-16,18-19,26H,1,3-6,8-9,11H2,2H3,(H,24,25)/b10-7-/t15-,16-,18-,19+,21+,22-/m1/s1. The molecule has 3 saturated carbocycles. The van der Waals surface area contributed by atoms with Crippen LogP contribution in [0.1, 0.15) is 51.9 Å². The van der Waals surface area contributed by atoms with Gasteiger partial charge in [-0.1, -0.05) is 19.1 Å². The van der Waals surface area contributed by atoms with Gasteiger partial charge in [0.1, 0.15) is 0 Å². The number of aliphatic carboxylic acids is 1. The lowest BCUT2D eigenvalue weighted by Gasteiger charge is -2.55. The second-order valence-corrected chi connectivity index (χ2v) is 9.04. The van der Waals surface area contributed by atoms with Crippen LogP contribution in [0.4, 0.5) is 0 Å². The molecule has 0 aliphatic heterocycles. The van der Waals surface area contributed by atoms with E-state index in [0.717, 1.165) is 43.8 Å². The Morgan fingerprint density at radius 1 is 1.27 bits per heavy atom. The maximum absolute atomic E-state index is 11.9. The van der Waals surface area contributed by atoms with E-state index in [0.29, 0.717) is 36.5 Å². The average molecular weight is 356 g/mol. The van der Waals surface area contributed by atoms with Crippen molar-refractivity contribution < 1.29 is 19.8 Å². The van der Waals surface area contributed by atoms with Crippen molar-refractivity contribution in [3.05, 3.63) is 36.0 Å². The van der Waals surface area contributed by atoms with Gasteiger partial charge in [0.2, 0.25) is 0 Å². The average Bonchev–Trinajstić information content (AvgIpc) is 2.86. The monoisotopic (exact) mass is 356 g/mol. The van der Waals surface area contributed by atoms with Crippen molar-refractivity contribution in [3.8, 4) is 0 Å². The smallest absolute Gasteiger partial charge is 0.328 e. The van der Waals surface area contributed by atoms with Gasteiger partial charge in [0.15, 0.2) is 5.78 Å². The van der Waals surface area contributed by atoms with Crippen LogP contribution >= 0.6 is 0 Å². The minimum atomic E-state index is -1.04. The molecule has 4 heteroatoms. The van der Waals surface area contributed by atoms with E-state index >= 15 is 0 Å². The van der Waals surface area contributed by atoms with E-state index in [1.54, 1.807) is 0 Å². The van der Waals surface area contributed by atoms with Gasteiger partial charge in [-0.2, -0.15) is 0 Å². The number of hydrogen-bond donors (Lipinski definition) is 2. The molecule has 0 aromatic rings. The number of carbonyl (C=O) groups excluding carboxylic acids is 1. The van der Waals surface area contributed by atoms with E-state index in [4.69, 9.17) is 5.11 Å². The van der Waals surface area contributed by atoms with Crippen LogP contribution in [0.25, 0.3) is 0 Å². The maximum Gasteiger partial charge on any atom is 0.328 e. The highest BCUT2D eigenvalue weighted by Gasteiger charge is 2.61. The molecule has 0 radical (unpaired) electrons. The van der Waals surface area contributed by atoms with Gasteiger partial charge in [-0.25, -0.2) is 4.79 Å². The lowest BCUT2D eigenvalue weighted by molar-refractivity contribution is -0.131. The van der Waals surface area contributed by atoms with E-state index in [1.807, 2.05) is 6.08 Å². The highest BCUT2D eigenvalue weighted by atomic mass is 16.4. The number of fused-ring (bicyclic) bond motifs is 5. The Labute approximate surface area is 154 Å². The zero-order valence-electron chi connectivity index (χ0n) is 15.4. The van der Waals surface area contributed by atoms with Crippen molar-refractivity contribution in [3.63, 3.8) is 0 Å². The molecule has 0 saturated heterocycles. The Kier molecular flexibility index (Phi) is 4.03. The van der Waals surface area contributed by atoms with Gasteiger partial charge in [0, 0.05) is 17.9 Å². The first-order valence-electron chi connectivity index (χ1n) is 9.82. The fraction of sp³-hybridized carbons (Fsp3) is 0.636. The highest BCUT2D eigenvalue weighted by molar-refractivity contribution is 5.92. The van der Waals surface area contributed by atoms with Gasteiger partial charge < -0.3 is 10.2 Å². The van der Waals surface area contributed by atoms with Crippen LogP contribution in [-0.2, 0) is 9.59 Å². The third-order valence-corrected chi connectivity index (χ3v) is 8.03. The predicted molar refractivity (Wildman–Crippen MR) is 98.3 cm³/mol. The number of aliphatic hydroxyl groups is 1. The topological polar surface area (TPSA) is 74.6 Å². The summed E-state index contributed by atoms with van der Waals surface area (Å²) in [4.78, 5) is 22.8. The molecule has 0 spiro atoms. The van der Waals surface area contributed by atoms with Gasteiger partial charge in [-0.3, -0.25) is 4.79 Å². The van der Waals surface area contributed by atoms with E-state index in [9.17, 15) is 14.7 Å². The molecular formula is C22H28O4. The number of carboxylic acid groups (broad SMARTS) is 1. The van der Waals surface area contributed by atoms with E-state index in [2.05, 4.69) is 13.5 Å². The molecule has 4 nitrogen and oxygen atoms in total. The van der Waals surface area contributed by atoms with Crippen molar-refractivity contribution in [2.75, 3.05) is 0 Å². The lowest BCUT2D eigenvalue weighted by Crippen LogP contribution is -2.52. The molecular weight excluding hydrogens is 328 g/mol. The molecule has 4 aliphatic rings. The van der Waals surface area contributed by atoms with Crippen LogP contribution < -0.4 is 0 Å². The fourth-order valence-electron chi connectivity index (χ4n) is 6.66. The summed E-state index contributed by atoms with van der Waals surface area (Å²) in [5.41, 5.74) is 0.961. The number of allylic oxidation sites excluding steroid dienone is 2. The van der Waals surface area contributed by atoms with Crippen molar-refractivity contribution in [2.45, 2.75) is 57.5 Å². The Morgan fingerprint density at radius 2 is 2.04 bits per heavy atom. The van der Waals surface area contributed by atoms with Crippen LogP contribution in [0.2, 0.25) is 0 Å². The molecule has 0 unspecified atom stereocenters. The van der Waals surface area contributed by atoms with Crippen LogP contribution in [-0.4, -0.2) is 27.6 Å². The number of ketones is 1. The van der Waals surface area contributed by atoms with Gasteiger partial charge in [-0.05, 0) is 79.9 Å². The molecule has 3 fully saturated rings. The first-order valence-corrected chi connectivity index (χ1v) is 9.82. The first kappa shape index (κ1) is 17.7. The zero-order chi connectivity index (χ0) is 18.7. The van der Waals surface area contributed by atoms with Crippen LogP contribution in [0.3, 0.4) is 0 Å². The van der Waals surface area contributed by atoms with E-state index in [1.165, 1.54) is 11.6 Å². The largest absolute Gasteiger partial charge is 0.478 e. The molecule has 4 rings (SSSR count). The molecule has 6 atom stereocenters. The van der Waals surface area contributed by atoms with Crippen molar-refractivity contribution in [2.24, 2.45) is 29.1 Å². The molecule has 0 bridgehead atoms. The van der Waals surface area contributed by atoms with Crippen molar-refractivity contribution in [1.82, 2.24) is 0 Å². The summed E-state index contributed by atoms with van der Waals surface area (Å²) in [6, 6.07) is 0. The predicted octanol–water partition coefficient (Wildman–Crippen LogP) is 3.67. The Morgan fingerprint density at radius 3 is 2.77 bits per heavy atom. The quantitative estimate of drug-likeness (QED) is 0.741.